The molecule has 204 valence electrons. The van der Waals surface area contributed by atoms with Gasteiger partial charge in [-0.1, -0.05) is 26.0 Å². The zero-order chi connectivity index (χ0) is 28.6. The number of methoxy groups -OCH3 is 2. The van der Waals surface area contributed by atoms with E-state index in [2.05, 4.69) is 0 Å². The molecule has 39 heavy (non-hydrogen) atoms. The molecule has 0 radical (unpaired) electrons. The minimum atomic E-state index is -3.97. The van der Waals surface area contributed by atoms with Crippen molar-refractivity contribution in [1.29, 1.82) is 0 Å². The number of aryl methyl sites for hydroxylation is 1. The molecule has 9 nitrogen and oxygen atoms in total. The maximum Gasteiger partial charge on any atom is 0.300 e. The quantitative estimate of drug-likeness (QED) is 0.253. The number of carbonyl (C=O) groups is 2. The first-order valence-electron chi connectivity index (χ1n) is 12.2. The molecule has 3 aromatic rings. The third-order valence-electron chi connectivity index (χ3n) is 6.75. The summed E-state index contributed by atoms with van der Waals surface area (Å²) >= 11 is 0. The average molecular weight is 551 g/mol. The van der Waals surface area contributed by atoms with E-state index < -0.39 is 27.8 Å². The van der Waals surface area contributed by atoms with E-state index in [0.717, 1.165) is 5.56 Å². The van der Waals surface area contributed by atoms with E-state index in [9.17, 15) is 23.1 Å². The van der Waals surface area contributed by atoms with Crippen LogP contribution in [0.4, 0.5) is 5.69 Å². The minimum Gasteiger partial charge on any atom is -0.507 e. The van der Waals surface area contributed by atoms with Crippen LogP contribution < -0.4 is 19.5 Å². The van der Waals surface area contributed by atoms with Crippen LogP contribution in [-0.2, 0) is 19.6 Å². The van der Waals surface area contributed by atoms with Gasteiger partial charge in [-0.2, -0.15) is 0 Å². The molecule has 4 rings (SSSR count). The summed E-state index contributed by atoms with van der Waals surface area (Å²) in [5.74, 6) is -0.878. The molecule has 1 aliphatic heterocycles. The van der Waals surface area contributed by atoms with Crippen LogP contribution in [0.15, 0.2) is 71.1 Å². The number of carbonyl (C=O) groups excluding carboxylic acids is 2. The van der Waals surface area contributed by atoms with Crippen LogP contribution in [0.2, 0.25) is 0 Å². The molecule has 1 saturated heterocycles. The van der Waals surface area contributed by atoms with Gasteiger partial charge >= 0.3 is 0 Å². The number of aliphatic hydroxyl groups excluding tert-OH is 1. The summed E-state index contributed by atoms with van der Waals surface area (Å²) in [7, 11) is -0.909. The van der Waals surface area contributed by atoms with Crippen molar-refractivity contribution in [2.45, 2.75) is 37.6 Å². The average Bonchev–Trinajstić information content (AvgIpc) is 3.17. The van der Waals surface area contributed by atoms with Gasteiger partial charge in [-0.25, -0.2) is 13.6 Å². The highest BCUT2D eigenvalue weighted by atomic mass is 32.2. The predicted octanol–water partition coefficient (Wildman–Crippen LogP) is 4.41. The number of amides is 1. The van der Waals surface area contributed by atoms with Gasteiger partial charge in [-0.05, 0) is 78.1 Å². The number of nitrogens with zero attached hydrogens (tertiary/aromatic N) is 1. The monoisotopic (exact) mass is 550 g/mol. The molecule has 1 unspecified atom stereocenters. The highest BCUT2D eigenvalue weighted by molar-refractivity contribution is 7.89. The molecule has 1 aliphatic rings. The van der Waals surface area contributed by atoms with E-state index in [4.69, 9.17) is 14.6 Å². The molecular formula is C29H30N2O7S. The summed E-state index contributed by atoms with van der Waals surface area (Å²) in [5.41, 5.74) is 2.55. The molecule has 1 heterocycles. The van der Waals surface area contributed by atoms with Gasteiger partial charge in [-0.15, -0.1) is 0 Å². The van der Waals surface area contributed by atoms with Gasteiger partial charge in [0.1, 0.15) is 17.3 Å². The molecule has 1 amide bonds. The van der Waals surface area contributed by atoms with Crippen molar-refractivity contribution >= 4 is 33.2 Å². The highest BCUT2D eigenvalue weighted by Gasteiger charge is 2.47. The molecule has 3 aromatic carbocycles. The molecule has 1 atom stereocenters. The standard InChI is InChI=1S/C29H30N2O7S/c1-16(2)22-15-23(17(3)13-24(22)38-5)27(32)25-26(18-7-6-8-20(14-18)37-4)31(29(34)28(25)33)19-9-11-21(12-10-19)39(30,35)36/h6-16,26,32H,1-5H3,(H2,30,35,36)/b27-25+. The molecule has 0 saturated carbocycles. The summed E-state index contributed by atoms with van der Waals surface area (Å²) in [4.78, 5) is 28.1. The molecule has 3 N–H and O–H groups in total. The maximum absolute atomic E-state index is 13.5. The lowest BCUT2D eigenvalue weighted by Gasteiger charge is -2.26. The van der Waals surface area contributed by atoms with Crippen LogP contribution in [-0.4, -0.2) is 39.4 Å². The second kappa shape index (κ2) is 10.5. The third kappa shape index (κ3) is 5.13. The second-order valence-corrected chi connectivity index (χ2v) is 11.1. The molecule has 0 bridgehead atoms. The first-order valence-corrected chi connectivity index (χ1v) is 13.7. The Labute approximate surface area is 227 Å². The largest absolute Gasteiger partial charge is 0.507 e. The van der Waals surface area contributed by atoms with Crippen LogP contribution in [0.1, 0.15) is 48.1 Å². The lowest BCUT2D eigenvalue weighted by molar-refractivity contribution is -0.132. The number of hydrogen-bond donors (Lipinski definition) is 2. The fourth-order valence-electron chi connectivity index (χ4n) is 4.75. The van der Waals surface area contributed by atoms with E-state index in [1.165, 1.54) is 36.3 Å². The van der Waals surface area contributed by atoms with Crippen molar-refractivity contribution in [3.8, 4) is 11.5 Å². The van der Waals surface area contributed by atoms with Crippen LogP contribution in [0.25, 0.3) is 5.76 Å². The first kappa shape index (κ1) is 27.9. The Morgan fingerprint density at radius 1 is 1.00 bits per heavy atom. The number of anilines is 1. The van der Waals surface area contributed by atoms with Crippen molar-refractivity contribution in [2.75, 3.05) is 19.1 Å². The summed E-state index contributed by atoms with van der Waals surface area (Å²) in [6.07, 6.45) is 0. The fourth-order valence-corrected chi connectivity index (χ4v) is 5.26. The minimum absolute atomic E-state index is 0.0565. The summed E-state index contributed by atoms with van der Waals surface area (Å²) < 4.78 is 34.4. The number of nitrogens with two attached hydrogens (primary N) is 1. The number of benzene rings is 3. The highest BCUT2D eigenvalue weighted by Crippen LogP contribution is 2.44. The van der Waals surface area contributed by atoms with Gasteiger partial charge in [-0.3, -0.25) is 14.5 Å². The Morgan fingerprint density at radius 2 is 1.67 bits per heavy atom. The lowest BCUT2D eigenvalue weighted by atomic mass is 9.91. The Morgan fingerprint density at radius 3 is 2.23 bits per heavy atom. The molecule has 1 fully saturated rings. The van der Waals surface area contributed by atoms with E-state index >= 15 is 0 Å². The summed E-state index contributed by atoms with van der Waals surface area (Å²) in [6, 6.07) is 14.7. The Balaban J connectivity index is 1.98. The summed E-state index contributed by atoms with van der Waals surface area (Å²) in [5, 5.41) is 16.9. The smallest absolute Gasteiger partial charge is 0.300 e. The molecular weight excluding hydrogens is 520 g/mol. The number of ether oxygens (including phenoxy) is 2. The van der Waals surface area contributed by atoms with Crippen LogP contribution in [0.3, 0.4) is 0 Å². The van der Waals surface area contributed by atoms with Crippen LogP contribution >= 0.6 is 0 Å². The number of aliphatic hydroxyl groups is 1. The van der Waals surface area contributed by atoms with Gasteiger partial charge in [0.05, 0.1) is 30.7 Å². The Kier molecular flexibility index (Phi) is 7.54. The number of ketones is 1. The van der Waals surface area contributed by atoms with Gasteiger partial charge in [0, 0.05) is 11.3 Å². The van der Waals surface area contributed by atoms with E-state index in [0.29, 0.717) is 28.2 Å². The third-order valence-corrected chi connectivity index (χ3v) is 7.68. The van der Waals surface area contributed by atoms with Gasteiger partial charge in [0.25, 0.3) is 11.7 Å². The normalized spacial score (nSPS) is 17.1. The van der Waals surface area contributed by atoms with Crippen molar-refractivity contribution in [3.05, 3.63) is 88.5 Å². The predicted molar refractivity (Wildman–Crippen MR) is 147 cm³/mol. The van der Waals surface area contributed by atoms with Gasteiger partial charge in [0.2, 0.25) is 10.0 Å². The Bertz CT molecular complexity index is 1590. The van der Waals surface area contributed by atoms with E-state index in [-0.39, 0.29) is 27.8 Å². The van der Waals surface area contributed by atoms with Crippen molar-refractivity contribution in [2.24, 2.45) is 5.14 Å². The van der Waals surface area contributed by atoms with Crippen LogP contribution in [0, 0.1) is 6.92 Å². The number of rotatable bonds is 7. The SMILES string of the molecule is COc1cccc(C2/C(=C(\O)c3cc(C(C)C)c(OC)cc3C)C(=O)C(=O)N2c2ccc(S(N)(=O)=O)cc2)c1. The number of sulfonamides is 1. The van der Waals surface area contributed by atoms with Gasteiger partial charge < -0.3 is 14.6 Å². The molecule has 0 spiro atoms. The Hall–Kier alpha value is -4.15. The van der Waals surface area contributed by atoms with Gasteiger partial charge in [0.15, 0.2) is 0 Å². The maximum atomic E-state index is 13.5. The van der Waals surface area contributed by atoms with Crippen molar-refractivity contribution < 1.29 is 32.6 Å². The van der Waals surface area contributed by atoms with Crippen molar-refractivity contribution in [3.63, 3.8) is 0 Å². The molecule has 0 aromatic heterocycles. The first-order chi connectivity index (χ1) is 18.4. The number of hydrogen-bond acceptors (Lipinski definition) is 7. The van der Waals surface area contributed by atoms with E-state index in [1.807, 2.05) is 13.8 Å². The lowest BCUT2D eigenvalue weighted by Crippen LogP contribution is -2.29. The fraction of sp³-hybridized carbons (Fsp3) is 0.241. The second-order valence-electron chi connectivity index (χ2n) is 9.55. The molecule has 0 aliphatic carbocycles. The van der Waals surface area contributed by atoms with E-state index in [1.54, 1.807) is 50.4 Å². The zero-order valence-corrected chi connectivity index (χ0v) is 23.1. The van der Waals surface area contributed by atoms with Crippen LogP contribution in [0.5, 0.6) is 11.5 Å². The summed E-state index contributed by atoms with van der Waals surface area (Å²) in [6.45, 7) is 5.75. The zero-order valence-electron chi connectivity index (χ0n) is 22.3. The topological polar surface area (TPSA) is 136 Å². The molecule has 10 heteroatoms. The number of Topliss-reactive ketones (excluding diaryl/α,β-unsaturated/α-hetero) is 1. The number of primary sulfonamides is 1. The van der Waals surface area contributed by atoms with Crippen molar-refractivity contribution in [1.82, 2.24) is 0 Å².